The normalized spacial score (nSPS) is 22.1. The zero-order valence-electron chi connectivity index (χ0n) is 22.4. The Kier molecular flexibility index (Phi) is 6.22. The van der Waals surface area contributed by atoms with Gasteiger partial charge in [0.2, 0.25) is 5.91 Å². The fourth-order valence-corrected chi connectivity index (χ4v) is 7.28. The topological polar surface area (TPSA) is 79.4 Å². The molecular weight excluding hydrogens is 512 g/mol. The van der Waals surface area contributed by atoms with Crippen LogP contribution in [-0.2, 0) is 11.2 Å². The largest absolute Gasteiger partial charge is 0.461 e. The molecule has 2 aliphatic heterocycles. The second-order valence-electron chi connectivity index (χ2n) is 11.6. The third-order valence-corrected chi connectivity index (χ3v) is 9.29. The van der Waals surface area contributed by atoms with Crippen molar-refractivity contribution in [3.05, 3.63) is 59.7 Å². The summed E-state index contributed by atoms with van der Waals surface area (Å²) in [5, 5.41) is 6.05. The van der Waals surface area contributed by atoms with Crippen LogP contribution in [0, 0.1) is 17.6 Å². The molecule has 3 heterocycles. The second-order valence-corrected chi connectivity index (χ2v) is 11.6. The maximum Gasteiger partial charge on any atom is 0.319 e. The highest BCUT2D eigenvalue weighted by molar-refractivity contribution is 5.94. The van der Waals surface area contributed by atoms with Crippen LogP contribution in [-0.4, -0.2) is 59.1 Å². The Balaban J connectivity index is 1.27. The Morgan fingerprint density at radius 3 is 2.83 bits per heavy atom. The Labute approximate surface area is 232 Å². The van der Waals surface area contributed by atoms with E-state index in [9.17, 15) is 4.79 Å². The monoisotopic (exact) mass is 545 g/mol. The first-order valence-electron chi connectivity index (χ1n) is 14.3. The van der Waals surface area contributed by atoms with Gasteiger partial charge in [0.15, 0.2) is 5.82 Å². The summed E-state index contributed by atoms with van der Waals surface area (Å²) in [4.78, 5) is 23.1. The maximum atomic E-state index is 16.4. The van der Waals surface area contributed by atoms with Gasteiger partial charge in [0.1, 0.15) is 23.8 Å². The van der Waals surface area contributed by atoms with Crippen molar-refractivity contribution in [1.82, 2.24) is 20.2 Å². The molecule has 7 nitrogen and oxygen atoms in total. The number of carbonyl (C=O) groups excluding carboxylic acids is 1. The molecule has 1 aromatic heterocycles. The summed E-state index contributed by atoms with van der Waals surface area (Å²) in [5.74, 6) is -0.408. The first-order chi connectivity index (χ1) is 19.5. The molecule has 40 heavy (non-hydrogen) atoms. The molecule has 2 unspecified atom stereocenters. The highest BCUT2D eigenvalue weighted by Gasteiger charge is 2.47. The van der Waals surface area contributed by atoms with Gasteiger partial charge in [-0.15, -0.1) is 0 Å². The lowest BCUT2D eigenvalue weighted by molar-refractivity contribution is -0.116. The van der Waals surface area contributed by atoms with Crippen LogP contribution in [0.3, 0.4) is 0 Å². The summed E-state index contributed by atoms with van der Waals surface area (Å²) in [5.41, 5.74) is 2.84. The number of hydrogen-bond acceptors (Lipinski definition) is 6. The van der Waals surface area contributed by atoms with Crippen molar-refractivity contribution < 1.29 is 18.3 Å². The average Bonchev–Trinajstić information content (AvgIpc) is 3.25. The summed E-state index contributed by atoms with van der Waals surface area (Å²) in [7, 11) is 0. The van der Waals surface area contributed by atoms with Crippen LogP contribution in [0.15, 0.2) is 36.9 Å². The number of rotatable bonds is 9. The molecule has 3 aromatic rings. The Hall–Kier alpha value is -3.59. The predicted octanol–water partition coefficient (Wildman–Crippen LogP) is 4.96. The molecular formula is C31H33F2N5O2. The fourth-order valence-electron chi connectivity index (χ4n) is 7.28. The van der Waals surface area contributed by atoms with Crippen LogP contribution in [0.25, 0.3) is 22.0 Å². The van der Waals surface area contributed by atoms with Crippen molar-refractivity contribution >= 4 is 22.6 Å². The van der Waals surface area contributed by atoms with E-state index in [1.165, 1.54) is 17.7 Å². The minimum atomic E-state index is -0.704. The van der Waals surface area contributed by atoms with Crippen LogP contribution in [0.2, 0.25) is 0 Å². The molecule has 2 aromatic carbocycles. The zero-order valence-corrected chi connectivity index (χ0v) is 22.4. The Morgan fingerprint density at radius 1 is 1.20 bits per heavy atom. The highest BCUT2D eigenvalue weighted by atomic mass is 19.1. The molecule has 2 N–H and O–H groups in total. The number of aromatic nitrogens is 2. The van der Waals surface area contributed by atoms with E-state index in [0.717, 1.165) is 57.2 Å². The number of fused-ring (bicyclic) bond motifs is 5. The molecule has 2 atom stereocenters. The summed E-state index contributed by atoms with van der Waals surface area (Å²) < 4.78 is 38.3. The molecule has 7 rings (SSSR count). The highest BCUT2D eigenvalue weighted by Crippen LogP contribution is 2.59. The van der Waals surface area contributed by atoms with Gasteiger partial charge in [-0.3, -0.25) is 9.69 Å². The van der Waals surface area contributed by atoms with E-state index in [2.05, 4.69) is 38.1 Å². The minimum Gasteiger partial charge on any atom is -0.461 e. The quantitative estimate of drug-likeness (QED) is 0.293. The number of hydrogen-bond donors (Lipinski definition) is 2. The Morgan fingerprint density at radius 2 is 2.02 bits per heavy atom. The molecule has 1 saturated carbocycles. The van der Waals surface area contributed by atoms with Gasteiger partial charge in [-0.25, -0.2) is 8.78 Å². The molecule has 4 aliphatic rings. The summed E-state index contributed by atoms with van der Waals surface area (Å²) >= 11 is 0. The fraction of sp³-hybridized carbons (Fsp3) is 0.452. The van der Waals surface area contributed by atoms with Crippen molar-refractivity contribution in [3.8, 4) is 17.1 Å². The van der Waals surface area contributed by atoms with Crippen molar-refractivity contribution in [2.24, 2.45) is 5.92 Å². The van der Waals surface area contributed by atoms with E-state index in [-0.39, 0.29) is 46.3 Å². The molecule has 0 bridgehead atoms. The number of ether oxygens (including phenoxy) is 1. The van der Waals surface area contributed by atoms with Gasteiger partial charge in [-0.1, -0.05) is 24.8 Å². The number of nitrogens with zero attached hydrogens (tertiary/aromatic N) is 3. The third kappa shape index (κ3) is 4.22. The van der Waals surface area contributed by atoms with Gasteiger partial charge >= 0.3 is 6.01 Å². The maximum absolute atomic E-state index is 16.4. The van der Waals surface area contributed by atoms with E-state index >= 15 is 8.78 Å². The van der Waals surface area contributed by atoms with Crippen LogP contribution in [0.4, 0.5) is 14.6 Å². The zero-order chi connectivity index (χ0) is 27.4. The predicted molar refractivity (Wildman–Crippen MR) is 149 cm³/mol. The number of benzene rings is 2. The summed E-state index contributed by atoms with van der Waals surface area (Å²) in [6.45, 7) is 6.58. The number of nitrogens with one attached hydrogen (secondary N) is 2. The van der Waals surface area contributed by atoms with Crippen LogP contribution in [0.5, 0.6) is 6.01 Å². The number of carbonyl (C=O) groups is 1. The lowest BCUT2D eigenvalue weighted by Gasteiger charge is -2.31. The van der Waals surface area contributed by atoms with Crippen molar-refractivity contribution in [2.75, 3.05) is 38.1 Å². The third-order valence-electron chi connectivity index (χ3n) is 9.29. The standard InChI is InChI=1S/C31H33F2N5O2/c1-2-24(39)34-10-11-35-29-22-16-23(32)26(20-7-3-6-18-14-19-15-21(19)25(18)20)27(33)28(22)36-30(37-29)40-17-31-8-4-12-38(31)13-5-9-31/h2-3,6-7,16,19,21H,1,4-5,8-15,17H2,(H,34,39)(H,35,36,37). The van der Waals surface area contributed by atoms with E-state index in [1.807, 2.05) is 12.1 Å². The van der Waals surface area contributed by atoms with E-state index in [0.29, 0.717) is 30.6 Å². The average molecular weight is 546 g/mol. The van der Waals surface area contributed by atoms with Gasteiger partial charge in [0.25, 0.3) is 0 Å². The second kappa shape index (κ2) is 9.80. The minimum absolute atomic E-state index is 0.0224. The molecule has 1 amide bonds. The van der Waals surface area contributed by atoms with Crippen molar-refractivity contribution in [3.63, 3.8) is 0 Å². The van der Waals surface area contributed by atoms with Gasteiger partial charge in [0.05, 0.1) is 11.1 Å². The summed E-state index contributed by atoms with van der Waals surface area (Å²) in [6.07, 6.45) is 7.62. The molecule has 3 fully saturated rings. The number of amides is 1. The molecule has 9 heteroatoms. The number of halogens is 2. The smallest absolute Gasteiger partial charge is 0.319 e. The molecule has 2 aliphatic carbocycles. The van der Waals surface area contributed by atoms with Gasteiger partial charge in [0, 0.05) is 18.5 Å². The van der Waals surface area contributed by atoms with Gasteiger partial charge < -0.3 is 15.4 Å². The van der Waals surface area contributed by atoms with Gasteiger partial charge in [-0.05, 0) is 92.3 Å². The lowest BCUT2D eigenvalue weighted by atomic mass is 9.93. The Bertz CT molecular complexity index is 1520. The van der Waals surface area contributed by atoms with E-state index in [4.69, 9.17) is 4.74 Å². The SMILES string of the molecule is C=CC(=O)NCCNc1nc(OCC23CCCN2CCC3)nc2c(F)c(-c3cccc4c3C3CC3C4)c(F)cc12. The van der Waals surface area contributed by atoms with Gasteiger partial charge in [-0.2, -0.15) is 9.97 Å². The van der Waals surface area contributed by atoms with E-state index in [1.54, 1.807) is 0 Å². The molecule has 208 valence electrons. The molecule has 0 spiro atoms. The van der Waals surface area contributed by atoms with Crippen LogP contribution >= 0.6 is 0 Å². The van der Waals surface area contributed by atoms with Crippen molar-refractivity contribution in [2.45, 2.75) is 50.0 Å². The summed E-state index contributed by atoms with van der Waals surface area (Å²) in [6, 6.07) is 7.15. The van der Waals surface area contributed by atoms with Crippen molar-refractivity contribution in [1.29, 1.82) is 0 Å². The van der Waals surface area contributed by atoms with E-state index < -0.39 is 11.6 Å². The van der Waals surface area contributed by atoms with Crippen LogP contribution < -0.4 is 15.4 Å². The molecule has 0 radical (unpaired) electrons. The first-order valence-corrected chi connectivity index (χ1v) is 14.3. The first kappa shape index (κ1) is 25.4. The molecule has 2 saturated heterocycles. The van der Waals surface area contributed by atoms with Crippen LogP contribution in [0.1, 0.15) is 49.1 Å². The number of anilines is 1. The lowest BCUT2D eigenvalue weighted by Crippen LogP contribution is -2.43.